The fourth-order valence-electron chi connectivity index (χ4n) is 2.88. The van der Waals surface area contributed by atoms with Crippen molar-refractivity contribution < 1.29 is 9.53 Å². The van der Waals surface area contributed by atoms with Crippen LogP contribution < -0.4 is 10.6 Å². The number of nitrogen functional groups attached to an aromatic ring is 1. The molecule has 0 saturated carbocycles. The minimum atomic E-state index is -0.374. The minimum absolute atomic E-state index is 0.374. The average molecular weight is 277 g/mol. The van der Waals surface area contributed by atoms with Crippen molar-refractivity contribution in [3.05, 3.63) is 17.8 Å². The molecule has 1 atom stereocenters. The minimum Gasteiger partial charge on any atom is -0.465 e. The van der Waals surface area contributed by atoms with Gasteiger partial charge in [-0.05, 0) is 31.7 Å². The molecule has 5 heteroatoms. The fourth-order valence-corrected chi connectivity index (χ4v) is 2.88. The van der Waals surface area contributed by atoms with Crippen LogP contribution in [-0.2, 0) is 4.74 Å². The molecule has 110 valence electrons. The Hall–Kier alpha value is -1.78. The number of hydrogen-bond donors (Lipinski definition) is 1. The van der Waals surface area contributed by atoms with E-state index in [9.17, 15) is 4.79 Å². The van der Waals surface area contributed by atoms with E-state index in [2.05, 4.69) is 16.8 Å². The maximum atomic E-state index is 11.9. The monoisotopic (exact) mass is 277 g/mol. The molecular formula is C15H23N3O2. The highest BCUT2D eigenvalue weighted by molar-refractivity contribution is 5.95. The Kier molecular flexibility index (Phi) is 4.82. The molecule has 0 aliphatic carbocycles. The van der Waals surface area contributed by atoms with Crippen LogP contribution in [-0.4, -0.2) is 30.6 Å². The molecule has 2 rings (SSSR count). The molecule has 1 fully saturated rings. The second kappa shape index (κ2) is 6.59. The van der Waals surface area contributed by atoms with E-state index in [-0.39, 0.29) is 5.97 Å². The number of aromatic nitrogens is 1. The molecule has 0 aromatic carbocycles. The van der Waals surface area contributed by atoms with Crippen LogP contribution in [0.4, 0.5) is 11.5 Å². The zero-order valence-corrected chi connectivity index (χ0v) is 12.3. The summed E-state index contributed by atoms with van der Waals surface area (Å²) in [6.45, 7) is 3.12. The summed E-state index contributed by atoms with van der Waals surface area (Å²) < 4.78 is 4.86. The first-order valence-electron chi connectivity index (χ1n) is 7.27. The summed E-state index contributed by atoms with van der Waals surface area (Å²) in [5.41, 5.74) is 6.71. The second-order valence-corrected chi connectivity index (χ2v) is 5.26. The van der Waals surface area contributed by atoms with Crippen LogP contribution in [0.15, 0.2) is 12.3 Å². The SMILES string of the molecule is CCCC1CCCCN1c1ncc(N)cc1C(=O)OC. The number of nitrogens with zero attached hydrogens (tertiary/aromatic N) is 2. The summed E-state index contributed by atoms with van der Waals surface area (Å²) in [6, 6.07) is 2.11. The zero-order valence-electron chi connectivity index (χ0n) is 12.3. The quantitative estimate of drug-likeness (QED) is 0.857. The molecule has 1 aliphatic rings. The number of rotatable bonds is 4. The van der Waals surface area contributed by atoms with E-state index in [1.54, 1.807) is 12.3 Å². The van der Waals surface area contributed by atoms with Crippen molar-refractivity contribution >= 4 is 17.5 Å². The Morgan fingerprint density at radius 3 is 3.05 bits per heavy atom. The van der Waals surface area contributed by atoms with Crippen LogP contribution in [0.1, 0.15) is 49.4 Å². The number of pyridine rings is 1. The molecule has 0 spiro atoms. The van der Waals surface area contributed by atoms with Gasteiger partial charge in [-0.3, -0.25) is 0 Å². The smallest absolute Gasteiger partial charge is 0.341 e. The molecule has 0 radical (unpaired) electrons. The Balaban J connectivity index is 2.36. The third-order valence-corrected chi connectivity index (χ3v) is 3.81. The molecule has 1 unspecified atom stereocenters. The number of carbonyl (C=O) groups excluding carboxylic acids is 1. The summed E-state index contributed by atoms with van der Waals surface area (Å²) in [7, 11) is 1.38. The number of methoxy groups -OCH3 is 1. The van der Waals surface area contributed by atoms with Gasteiger partial charge in [0, 0.05) is 12.6 Å². The maximum absolute atomic E-state index is 11.9. The van der Waals surface area contributed by atoms with Gasteiger partial charge in [-0.25, -0.2) is 9.78 Å². The van der Waals surface area contributed by atoms with Gasteiger partial charge in [-0.2, -0.15) is 0 Å². The first-order chi connectivity index (χ1) is 9.67. The largest absolute Gasteiger partial charge is 0.465 e. The van der Waals surface area contributed by atoms with Crippen LogP contribution in [0.2, 0.25) is 0 Å². The van der Waals surface area contributed by atoms with Gasteiger partial charge >= 0.3 is 5.97 Å². The molecule has 2 N–H and O–H groups in total. The van der Waals surface area contributed by atoms with Gasteiger partial charge in [0.15, 0.2) is 0 Å². The van der Waals surface area contributed by atoms with Crippen molar-refractivity contribution in [2.75, 3.05) is 24.3 Å². The van der Waals surface area contributed by atoms with Gasteiger partial charge < -0.3 is 15.4 Å². The molecular weight excluding hydrogens is 254 g/mol. The predicted octanol–water partition coefficient (Wildman–Crippen LogP) is 2.61. The molecule has 20 heavy (non-hydrogen) atoms. The van der Waals surface area contributed by atoms with Crippen LogP contribution in [0.5, 0.6) is 0 Å². The molecule has 5 nitrogen and oxygen atoms in total. The maximum Gasteiger partial charge on any atom is 0.341 e. The highest BCUT2D eigenvalue weighted by Crippen LogP contribution is 2.29. The van der Waals surface area contributed by atoms with Crippen LogP contribution >= 0.6 is 0 Å². The van der Waals surface area contributed by atoms with Crippen molar-refractivity contribution in [1.82, 2.24) is 4.98 Å². The number of hydrogen-bond acceptors (Lipinski definition) is 5. The lowest BCUT2D eigenvalue weighted by Crippen LogP contribution is -2.41. The standard InChI is InChI=1S/C15H23N3O2/c1-3-6-12-7-4-5-8-18(12)14-13(15(19)20-2)9-11(16)10-17-14/h9-10,12H,3-8,16H2,1-2H3. The summed E-state index contributed by atoms with van der Waals surface area (Å²) in [6.07, 6.45) is 7.38. The van der Waals surface area contributed by atoms with E-state index in [0.717, 1.165) is 32.2 Å². The third kappa shape index (κ3) is 3.03. The van der Waals surface area contributed by atoms with Crippen LogP contribution in [0, 0.1) is 0 Å². The fraction of sp³-hybridized carbons (Fsp3) is 0.600. The lowest BCUT2D eigenvalue weighted by molar-refractivity contribution is 0.0601. The van der Waals surface area contributed by atoms with E-state index in [1.807, 2.05) is 0 Å². The van der Waals surface area contributed by atoms with Crippen molar-refractivity contribution in [2.24, 2.45) is 0 Å². The molecule has 2 heterocycles. The van der Waals surface area contributed by atoms with Gasteiger partial charge in [0.1, 0.15) is 11.4 Å². The Morgan fingerprint density at radius 1 is 1.55 bits per heavy atom. The summed E-state index contributed by atoms with van der Waals surface area (Å²) >= 11 is 0. The van der Waals surface area contributed by atoms with Gasteiger partial charge in [0.2, 0.25) is 0 Å². The van der Waals surface area contributed by atoms with E-state index in [4.69, 9.17) is 10.5 Å². The Morgan fingerprint density at radius 2 is 2.35 bits per heavy atom. The molecule has 1 aliphatic heterocycles. The molecule has 0 bridgehead atoms. The van der Waals surface area contributed by atoms with Gasteiger partial charge in [-0.15, -0.1) is 0 Å². The first kappa shape index (κ1) is 14.6. The van der Waals surface area contributed by atoms with Gasteiger partial charge in [-0.1, -0.05) is 13.3 Å². The van der Waals surface area contributed by atoms with Crippen molar-refractivity contribution in [3.8, 4) is 0 Å². The van der Waals surface area contributed by atoms with Crippen LogP contribution in [0.3, 0.4) is 0 Å². The van der Waals surface area contributed by atoms with E-state index in [1.165, 1.54) is 13.5 Å². The van der Waals surface area contributed by atoms with Crippen molar-refractivity contribution in [3.63, 3.8) is 0 Å². The predicted molar refractivity (Wildman–Crippen MR) is 79.9 cm³/mol. The molecule has 1 aromatic rings. The summed E-state index contributed by atoms with van der Waals surface area (Å²) in [5.74, 6) is 0.338. The number of nitrogens with two attached hydrogens (primary N) is 1. The first-order valence-corrected chi connectivity index (χ1v) is 7.27. The van der Waals surface area contributed by atoms with Crippen molar-refractivity contribution in [1.29, 1.82) is 0 Å². The molecule has 1 saturated heterocycles. The van der Waals surface area contributed by atoms with Gasteiger partial charge in [0.25, 0.3) is 0 Å². The highest BCUT2D eigenvalue weighted by Gasteiger charge is 2.27. The van der Waals surface area contributed by atoms with E-state index in [0.29, 0.717) is 23.1 Å². The molecule has 1 aromatic heterocycles. The van der Waals surface area contributed by atoms with Crippen LogP contribution in [0.25, 0.3) is 0 Å². The summed E-state index contributed by atoms with van der Waals surface area (Å²) in [5, 5.41) is 0. The van der Waals surface area contributed by atoms with E-state index < -0.39 is 0 Å². The van der Waals surface area contributed by atoms with Gasteiger partial charge in [0.05, 0.1) is 19.0 Å². The number of carbonyl (C=O) groups is 1. The topological polar surface area (TPSA) is 68.5 Å². The third-order valence-electron chi connectivity index (χ3n) is 3.81. The van der Waals surface area contributed by atoms with Crippen molar-refractivity contribution in [2.45, 2.75) is 45.1 Å². The number of piperidine rings is 1. The average Bonchev–Trinajstić information content (AvgIpc) is 2.47. The normalized spacial score (nSPS) is 18.9. The Bertz CT molecular complexity index is 474. The number of anilines is 2. The lowest BCUT2D eigenvalue weighted by Gasteiger charge is -2.37. The number of esters is 1. The number of ether oxygens (including phenoxy) is 1. The Labute approximate surface area is 120 Å². The summed E-state index contributed by atoms with van der Waals surface area (Å²) in [4.78, 5) is 18.6. The highest BCUT2D eigenvalue weighted by atomic mass is 16.5. The second-order valence-electron chi connectivity index (χ2n) is 5.26. The molecule has 0 amide bonds. The lowest BCUT2D eigenvalue weighted by atomic mass is 9.97. The zero-order chi connectivity index (χ0) is 14.5. The van der Waals surface area contributed by atoms with E-state index >= 15 is 0 Å².